The molecule has 0 spiro atoms. The van der Waals surface area contributed by atoms with Crippen LogP contribution in [0.3, 0.4) is 0 Å². The number of nitrogens with one attached hydrogen (secondary N) is 1. The van der Waals surface area contributed by atoms with E-state index in [9.17, 15) is 0 Å². The number of piperazine rings is 1. The van der Waals surface area contributed by atoms with E-state index in [1.54, 1.807) is 17.5 Å². The number of rotatable bonds is 4. The van der Waals surface area contributed by atoms with Gasteiger partial charge in [-0.25, -0.2) is 15.0 Å². The zero-order chi connectivity index (χ0) is 17.9. The van der Waals surface area contributed by atoms with Crippen LogP contribution in [-0.4, -0.2) is 53.1 Å². The predicted octanol–water partition coefficient (Wildman–Crippen LogP) is 3.75. The summed E-state index contributed by atoms with van der Waals surface area (Å²) in [5.74, 6) is 0.801. The molecule has 4 rings (SSSR count). The van der Waals surface area contributed by atoms with Crippen LogP contribution in [0, 0.1) is 0 Å². The van der Waals surface area contributed by atoms with E-state index < -0.39 is 0 Å². The molecule has 6 nitrogen and oxygen atoms in total. The smallest absolute Gasteiger partial charge is 0.188 e. The van der Waals surface area contributed by atoms with Crippen LogP contribution >= 0.6 is 22.9 Å². The average molecular weight is 387 g/mol. The zero-order valence-electron chi connectivity index (χ0n) is 14.4. The Kier molecular flexibility index (Phi) is 5.01. The lowest BCUT2D eigenvalue weighted by atomic mass is 10.2. The van der Waals surface area contributed by atoms with Crippen molar-refractivity contribution >= 4 is 39.6 Å². The molecule has 3 aromatic rings. The molecule has 1 fully saturated rings. The fourth-order valence-electron chi connectivity index (χ4n) is 2.88. The Labute approximate surface area is 161 Å². The molecule has 1 saturated heterocycles. The third-order valence-corrected chi connectivity index (χ3v) is 5.53. The van der Waals surface area contributed by atoms with Gasteiger partial charge in [0.1, 0.15) is 11.0 Å². The van der Waals surface area contributed by atoms with E-state index in [2.05, 4.69) is 49.2 Å². The normalized spacial score (nSPS) is 15.2. The predicted molar refractivity (Wildman–Crippen MR) is 108 cm³/mol. The molecule has 0 bridgehead atoms. The van der Waals surface area contributed by atoms with Gasteiger partial charge in [0.05, 0.1) is 4.88 Å². The van der Waals surface area contributed by atoms with Gasteiger partial charge < -0.3 is 15.1 Å². The lowest BCUT2D eigenvalue weighted by Crippen LogP contribution is -2.44. The van der Waals surface area contributed by atoms with E-state index in [4.69, 9.17) is 11.6 Å². The van der Waals surface area contributed by atoms with Gasteiger partial charge in [-0.3, -0.25) is 0 Å². The molecule has 3 aromatic heterocycles. The van der Waals surface area contributed by atoms with Crippen molar-refractivity contribution in [3.63, 3.8) is 0 Å². The van der Waals surface area contributed by atoms with Crippen LogP contribution in [-0.2, 0) is 0 Å². The molecule has 4 heterocycles. The Morgan fingerprint density at radius 1 is 1.04 bits per heavy atom. The summed E-state index contributed by atoms with van der Waals surface area (Å²) in [5.41, 5.74) is 2.20. The maximum Gasteiger partial charge on any atom is 0.188 e. The van der Waals surface area contributed by atoms with Crippen LogP contribution in [0.15, 0.2) is 42.9 Å². The van der Waals surface area contributed by atoms with E-state index in [0.717, 1.165) is 47.6 Å². The van der Waals surface area contributed by atoms with Gasteiger partial charge in [-0.15, -0.1) is 0 Å². The van der Waals surface area contributed by atoms with Gasteiger partial charge in [0.25, 0.3) is 0 Å². The maximum absolute atomic E-state index is 5.97. The van der Waals surface area contributed by atoms with Gasteiger partial charge in [0, 0.05) is 56.5 Å². The number of pyridine rings is 2. The second kappa shape index (κ2) is 7.57. The first-order valence-corrected chi connectivity index (χ1v) is 9.61. The third kappa shape index (κ3) is 3.95. The van der Waals surface area contributed by atoms with Crippen molar-refractivity contribution in [3.8, 4) is 10.4 Å². The molecule has 134 valence electrons. The highest BCUT2D eigenvalue weighted by atomic mass is 35.5. The van der Waals surface area contributed by atoms with Gasteiger partial charge >= 0.3 is 0 Å². The van der Waals surface area contributed by atoms with Crippen molar-refractivity contribution in [2.24, 2.45) is 0 Å². The van der Waals surface area contributed by atoms with Crippen LogP contribution in [0.4, 0.5) is 16.6 Å². The van der Waals surface area contributed by atoms with Crippen molar-refractivity contribution in [3.05, 3.63) is 48.0 Å². The number of halogens is 1. The Hall–Kier alpha value is -2.22. The summed E-state index contributed by atoms with van der Waals surface area (Å²) in [7, 11) is 2.16. The number of thiazole rings is 1. The third-order valence-electron chi connectivity index (χ3n) is 4.36. The number of hydrogen-bond acceptors (Lipinski definition) is 7. The molecule has 8 heteroatoms. The van der Waals surface area contributed by atoms with E-state index in [1.807, 2.05) is 24.5 Å². The average Bonchev–Trinajstić information content (AvgIpc) is 3.11. The minimum Gasteiger partial charge on any atom is -0.369 e. The molecular formula is C18H19ClN6S. The Bertz CT molecular complexity index is 891. The zero-order valence-corrected chi connectivity index (χ0v) is 16.0. The molecule has 0 aromatic carbocycles. The topological polar surface area (TPSA) is 57.2 Å². The van der Waals surface area contributed by atoms with Crippen LogP contribution < -0.4 is 10.2 Å². The van der Waals surface area contributed by atoms with Crippen molar-refractivity contribution in [2.75, 3.05) is 43.4 Å². The highest BCUT2D eigenvalue weighted by Crippen LogP contribution is 2.31. The maximum atomic E-state index is 5.97. The Morgan fingerprint density at radius 2 is 1.85 bits per heavy atom. The van der Waals surface area contributed by atoms with Gasteiger partial charge in [-0.2, -0.15) is 0 Å². The molecular weight excluding hydrogens is 368 g/mol. The van der Waals surface area contributed by atoms with Crippen LogP contribution in [0.1, 0.15) is 0 Å². The van der Waals surface area contributed by atoms with E-state index in [-0.39, 0.29) is 0 Å². The first-order valence-electron chi connectivity index (χ1n) is 8.42. The van der Waals surface area contributed by atoms with Gasteiger partial charge in [0.2, 0.25) is 0 Å². The summed E-state index contributed by atoms with van der Waals surface area (Å²) >= 11 is 7.53. The largest absolute Gasteiger partial charge is 0.369 e. The SMILES string of the molecule is CN1CCN(c2ccnc(Nc3ncc(-c4ccnc(Cl)c4)s3)c2)CC1. The molecule has 0 amide bonds. The molecule has 1 aliphatic rings. The van der Waals surface area contributed by atoms with Gasteiger partial charge in [-0.1, -0.05) is 22.9 Å². The molecule has 0 atom stereocenters. The van der Waals surface area contributed by atoms with Crippen LogP contribution in [0.5, 0.6) is 0 Å². The molecule has 0 saturated carbocycles. The molecule has 1 aliphatic heterocycles. The minimum absolute atomic E-state index is 0.479. The molecule has 1 N–H and O–H groups in total. The second-order valence-corrected chi connectivity index (χ2v) is 7.63. The summed E-state index contributed by atoms with van der Waals surface area (Å²) in [5, 5.41) is 4.59. The van der Waals surface area contributed by atoms with Crippen molar-refractivity contribution in [1.29, 1.82) is 0 Å². The lowest BCUT2D eigenvalue weighted by Gasteiger charge is -2.34. The lowest BCUT2D eigenvalue weighted by molar-refractivity contribution is 0.313. The van der Waals surface area contributed by atoms with Crippen molar-refractivity contribution < 1.29 is 0 Å². The fourth-order valence-corrected chi connectivity index (χ4v) is 3.87. The summed E-state index contributed by atoms with van der Waals surface area (Å²) in [6, 6.07) is 7.90. The Morgan fingerprint density at radius 3 is 2.65 bits per heavy atom. The number of hydrogen-bond donors (Lipinski definition) is 1. The monoisotopic (exact) mass is 386 g/mol. The molecule has 0 aliphatic carbocycles. The van der Waals surface area contributed by atoms with E-state index in [0.29, 0.717) is 5.15 Å². The number of nitrogens with zero attached hydrogens (tertiary/aromatic N) is 5. The quantitative estimate of drug-likeness (QED) is 0.689. The van der Waals surface area contributed by atoms with Crippen LogP contribution in [0.25, 0.3) is 10.4 Å². The molecule has 0 unspecified atom stereocenters. The first-order chi connectivity index (χ1) is 12.7. The summed E-state index contributed by atoms with van der Waals surface area (Å²) in [4.78, 5) is 18.7. The highest BCUT2D eigenvalue weighted by molar-refractivity contribution is 7.18. The first kappa shape index (κ1) is 17.2. The molecule has 26 heavy (non-hydrogen) atoms. The number of likely N-dealkylation sites (N-methyl/N-ethyl adjacent to an activating group) is 1. The highest BCUT2D eigenvalue weighted by Gasteiger charge is 2.15. The van der Waals surface area contributed by atoms with Crippen molar-refractivity contribution in [2.45, 2.75) is 0 Å². The van der Waals surface area contributed by atoms with Gasteiger partial charge in [-0.05, 0) is 30.8 Å². The fraction of sp³-hybridized carbons (Fsp3) is 0.278. The summed E-state index contributed by atoms with van der Waals surface area (Å²) in [6.45, 7) is 4.22. The number of aromatic nitrogens is 3. The van der Waals surface area contributed by atoms with Crippen LogP contribution in [0.2, 0.25) is 5.15 Å². The van der Waals surface area contributed by atoms with E-state index >= 15 is 0 Å². The second-order valence-electron chi connectivity index (χ2n) is 6.21. The van der Waals surface area contributed by atoms with Gasteiger partial charge in [0.15, 0.2) is 5.13 Å². The summed E-state index contributed by atoms with van der Waals surface area (Å²) < 4.78 is 0. The summed E-state index contributed by atoms with van der Waals surface area (Å²) in [6.07, 6.45) is 5.38. The number of anilines is 3. The Balaban J connectivity index is 1.49. The molecule has 0 radical (unpaired) electrons. The van der Waals surface area contributed by atoms with E-state index in [1.165, 1.54) is 5.69 Å². The van der Waals surface area contributed by atoms with Crippen molar-refractivity contribution in [1.82, 2.24) is 19.9 Å². The standard InChI is InChI=1S/C18H19ClN6S/c1-24-6-8-25(9-7-24)14-3-5-21-17(11-14)23-18-22-12-15(26-18)13-2-4-20-16(19)10-13/h2-5,10-12H,6-9H2,1H3,(H,21,22,23). The minimum atomic E-state index is 0.479.